The van der Waals surface area contributed by atoms with E-state index in [0.29, 0.717) is 18.0 Å². The Labute approximate surface area is 181 Å². The average Bonchev–Trinajstić information content (AvgIpc) is 3.29. The van der Waals surface area contributed by atoms with Gasteiger partial charge in [-0.05, 0) is 55.3 Å². The van der Waals surface area contributed by atoms with Crippen molar-refractivity contribution in [1.29, 1.82) is 0 Å². The van der Waals surface area contributed by atoms with Gasteiger partial charge in [0.25, 0.3) is 5.91 Å². The molecule has 30 heavy (non-hydrogen) atoms. The van der Waals surface area contributed by atoms with Crippen LogP contribution in [0.5, 0.6) is 0 Å². The summed E-state index contributed by atoms with van der Waals surface area (Å²) in [5.41, 5.74) is 1.07. The lowest BCUT2D eigenvalue weighted by molar-refractivity contribution is -0.141. The van der Waals surface area contributed by atoms with Crippen LogP contribution in [-0.2, 0) is 11.3 Å². The van der Waals surface area contributed by atoms with Crippen molar-refractivity contribution in [2.45, 2.75) is 44.8 Å². The van der Waals surface area contributed by atoms with Gasteiger partial charge in [-0.1, -0.05) is 18.2 Å². The van der Waals surface area contributed by atoms with E-state index in [1.54, 1.807) is 4.90 Å². The predicted octanol–water partition coefficient (Wildman–Crippen LogP) is 3.61. The molecular formula is C23H28FN3O2S. The number of likely N-dealkylation sites (tertiary alicyclic amines) is 1. The summed E-state index contributed by atoms with van der Waals surface area (Å²) in [7, 11) is 0. The lowest BCUT2D eigenvalue weighted by atomic mass is 9.99. The van der Waals surface area contributed by atoms with Crippen LogP contribution < -0.4 is 0 Å². The minimum Gasteiger partial charge on any atom is -0.336 e. The number of rotatable bonds is 4. The number of halogens is 1. The fourth-order valence-electron chi connectivity index (χ4n) is 4.52. The van der Waals surface area contributed by atoms with Gasteiger partial charge in [0, 0.05) is 38.8 Å². The van der Waals surface area contributed by atoms with Crippen molar-refractivity contribution in [3.63, 3.8) is 0 Å². The minimum atomic E-state index is -0.362. The molecule has 160 valence electrons. The van der Waals surface area contributed by atoms with Crippen LogP contribution in [0.2, 0.25) is 0 Å². The van der Waals surface area contributed by atoms with E-state index in [0.717, 1.165) is 44.5 Å². The number of hydrogen-bond donors (Lipinski definition) is 0. The van der Waals surface area contributed by atoms with E-state index >= 15 is 0 Å². The fourth-order valence-corrected chi connectivity index (χ4v) is 5.20. The number of amides is 2. The normalized spacial score (nSPS) is 22.9. The molecule has 2 saturated heterocycles. The zero-order chi connectivity index (χ0) is 21.1. The highest BCUT2D eigenvalue weighted by molar-refractivity contribution is 7.12. The van der Waals surface area contributed by atoms with Gasteiger partial charge in [-0.2, -0.15) is 0 Å². The van der Waals surface area contributed by atoms with Gasteiger partial charge < -0.3 is 9.80 Å². The molecule has 2 aromatic rings. The van der Waals surface area contributed by atoms with E-state index in [9.17, 15) is 14.0 Å². The fraction of sp³-hybridized carbons (Fsp3) is 0.478. The Morgan fingerprint density at radius 3 is 2.57 bits per heavy atom. The van der Waals surface area contributed by atoms with Crippen molar-refractivity contribution < 1.29 is 14.0 Å². The van der Waals surface area contributed by atoms with Crippen molar-refractivity contribution in [2.24, 2.45) is 0 Å². The average molecular weight is 430 g/mol. The standard InChI is InChI=1S/C23H28FN3O2S/c1-17-15-25(16-18-7-9-19(24)10-8-18)12-13-26(17)22(28)20-5-2-3-11-27(20)23(29)21-6-4-14-30-21/h4,6-10,14,17,20H,2-3,5,11-13,15-16H2,1H3/t17-,20+/m1/s1. The maximum absolute atomic E-state index is 13.4. The molecule has 5 nitrogen and oxygen atoms in total. The lowest BCUT2D eigenvalue weighted by Gasteiger charge is -2.44. The number of piperidine rings is 1. The zero-order valence-corrected chi connectivity index (χ0v) is 18.1. The summed E-state index contributed by atoms with van der Waals surface area (Å²) >= 11 is 1.43. The van der Waals surface area contributed by atoms with Gasteiger partial charge in [-0.15, -0.1) is 11.3 Å². The first kappa shape index (κ1) is 21.0. The monoisotopic (exact) mass is 429 g/mol. The minimum absolute atomic E-state index is 0.0225. The molecular weight excluding hydrogens is 401 g/mol. The number of piperazine rings is 1. The van der Waals surface area contributed by atoms with Crippen LogP contribution in [0, 0.1) is 5.82 Å². The topological polar surface area (TPSA) is 43.9 Å². The van der Waals surface area contributed by atoms with E-state index in [1.165, 1.54) is 23.5 Å². The van der Waals surface area contributed by atoms with Crippen molar-refractivity contribution in [3.05, 3.63) is 58.0 Å². The number of hydrogen-bond acceptors (Lipinski definition) is 4. The van der Waals surface area contributed by atoms with Crippen molar-refractivity contribution >= 4 is 23.2 Å². The Balaban J connectivity index is 1.40. The molecule has 0 bridgehead atoms. The molecule has 3 heterocycles. The van der Waals surface area contributed by atoms with Crippen LogP contribution in [0.25, 0.3) is 0 Å². The number of benzene rings is 1. The van der Waals surface area contributed by atoms with Crippen molar-refractivity contribution in [1.82, 2.24) is 14.7 Å². The van der Waals surface area contributed by atoms with Crippen LogP contribution >= 0.6 is 11.3 Å². The Morgan fingerprint density at radius 2 is 1.87 bits per heavy atom. The van der Waals surface area contributed by atoms with E-state index in [2.05, 4.69) is 11.8 Å². The Hall–Kier alpha value is -2.25. The molecule has 1 aromatic carbocycles. The largest absolute Gasteiger partial charge is 0.336 e. The lowest BCUT2D eigenvalue weighted by Crippen LogP contribution is -2.60. The highest BCUT2D eigenvalue weighted by Crippen LogP contribution is 2.25. The highest BCUT2D eigenvalue weighted by atomic mass is 32.1. The summed E-state index contributed by atoms with van der Waals surface area (Å²) in [5.74, 6) is -0.171. The van der Waals surface area contributed by atoms with Gasteiger partial charge in [0.1, 0.15) is 11.9 Å². The van der Waals surface area contributed by atoms with E-state index in [1.807, 2.05) is 34.5 Å². The summed E-state index contributed by atoms with van der Waals surface area (Å²) in [5, 5.41) is 1.90. The van der Waals surface area contributed by atoms with Crippen LogP contribution in [0.3, 0.4) is 0 Å². The summed E-state index contributed by atoms with van der Waals surface area (Å²) in [4.78, 5) is 33.1. The number of carbonyl (C=O) groups excluding carboxylic acids is 2. The van der Waals surface area contributed by atoms with Crippen LogP contribution in [0.15, 0.2) is 41.8 Å². The molecule has 7 heteroatoms. The number of carbonyl (C=O) groups is 2. The molecule has 2 aliphatic rings. The molecule has 0 unspecified atom stereocenters. The SMILES string of the molecule is C[C@@H]1CN(Cc2ccc(F)cc2)CCN1C(=O)[C@@H]1CCCCN1C(=O)c1cccs1. The molecule has 2 aliphatic heterocycles. The molecule has 0 saturated carbocycles. The second-order valence-corrected chi connectivity index (χ2v) is 9.18. The van der Waals surface area contributed by atoms with E-state index in [4.69, 9.17) is 0 Å². The zero-order valence-electron chi connectivity index (χ0n) is 17.3. The second kappa shape index (κ2) is 9.27. The summed E-state index contributed by atoms with van der Waals surface area (Å²) in [6, 6.07) is 10.0. The third kappa shape index (κ3) is 4.57. The van der Waals surface area contributed by atoms with Crippen LogP contribution in [-0.4, -0.2) is 64.8 Å². The molecule has 0 spiro atoms. The summed E-state index contributed by atoms with van der Waals surface area (Å²) in [6.45, 7) is 5.67. The molecule has 2 amide bonds. The molecule has 1 aromatic heterocycles. The van der Waals surface area contributed by atoms with Gasteiger partial charge >= 0.3 is 0 Å². The van der Waals surface area contributed by atoms with Crippen molar-refractivity contribution in [2.75, 3.05) is 26.2 Å². The predicted molar refractivity (Wildman–Crippen MR) is 116 cm³/mol. The Bertz CT molecular complexity index is 871. The first-order valence-electron chi connectivity index (χ1n) is 10.6. The maximum atomic E-state index is 13.4. The third-order valence-corrected chi connectivity index (χ3v) is 6.95. The number of nitrogens with zero attached hydrogens (tertiary/aromatic N) is 3. The highest BCUT2D eigenvalue weighted by Gasteiger charge is 2.38. The molecule has 2 atom stereocenters. The second-order valence-electron chi connectivity index (χ2n) is 8.23. The quantitative estimate of drug-likeness (QED) is 0.746. The molecule has 2 fully saturated rings. The first-order valence-corrected chi connectivity index (χ1v) is 11.5. The number of thiophene rings is 1. The molecule has 0 radical (unpaired) electrons. The van der Waals surface area contributed by atoms with Gasteiger partial charge in [0.15, 0.2) is 0 Å². The summed E-state index contributed by atoms with van der Waals surface area (Å²) in [6.07, 6.45) is 2.66. The first-order chi connectivity index (χ1) is 14.5. The smallest absolute Gasteiger partial charge is 0.264 e. The Morgan fingerprint density at radius 1 is 1.07 bits per heavy atom. The maximum Gasteiger partial charge on any atom is 0.264 e. The van der Waals surface area contributed by atoms with Gasteiger partial charge in [0.2, 0.25) is 5.91 Å². The van der Waals surface area contributed by atoms with Crippen LogP contribution in [0.1, 0.15) is 41.4 Å². The van der Waals surface area contributed by atoms with Gasteiger partial charge in [-0.25, -0.2) is 4.39 Å². The molecule has 4 rings (SSSR count). The summed E-state index contributed by atoms with van der Waals surface area (Å²) < 4.78 is 13.1. The third-order valence-electron chi connectivity index (χ3n) is 6.09. The van der Waals surface area contributed by atoms with Crippen LogP contribution in [0.4, 0.5) is 4.39 Å². The van der Waals surface area contributed by atoms with E-state index in [-0.39, 0.29) is 29.7 Å². The van der Waals surface area contributed by atoms with E-state index < -0.39 is 0 Å². The molecule has 0 aliphatic carbocycles. The van der Waals surface area contributed by atoms with Gasteiger partial charge in [-0.3, -0.25) is 14.5 Å². The van der Waals surface area contributed by atoms with Crippen molar-refractivity contribution in [3.8, 4) is 0 Å². The Kier molecular flexibility index (Phi) is 6.49. The van der Waals surface area contributed by atoms with Gasteiger partial charge in [0.05, 0.1) is 4.88 Å². The molecule has 0 N–H and O–H groups in total.